The molecule has 0 unspecified atom stereocenters. The van der Waals surface area contributed by atoms with Crippen molar-refractivity contribution in [2.45, 2.75) is 6.54 Å². The Kier molecular flexibility index (Phi) is 6.18. The van der Waals surface area contributed by atoms with E-state index in [0.717, 1.165) is 37.2 Å². The van der Waals surface area contributed by atoms with Crippen molar-refractivity contribution in [2.24, 2.45) is 0 Å². The number of anilines is 1. The summed E-state index contributed by atoms with van der Waals surface area (Å²) in [5.74, 6) is -0.455. The van der Waals surface area contributed by atoms with Crippen molar-refractivity contribution in [1.82, 2.24) is 9.80 Å². The minimum atomic E-state index is -0.349. The molecule has 0 radical (unpaired) electrons. The van der Waals surface area contributed by atoms with Gasteiger partial charge >= 0.3 is 0 Å². The van der Waals surface area contributed by atoms with Gasteiger partial charge in [-0.05, 0) is 29.8 Å². The molecule has 6 heteroatoms. The van der Waals surface area contributed by atoms with Gasteiger partial charge in [-0.3, -0.25) is 14.6 Å². The molecule has 1 aliphatic heterocycles. The Morgan fingerprint density at radius 3 is 2.48 bits per heavy atom. The number of nitrogens with one attached hydrogen (secondary N) is 1. The van der Waals surface area contributed by atoms with Crippen LogP contribution in [0.5, 0.6) is 0 Å². The van der Waals surface area contributed by atoms with E-state index in [4.69, 9.17) is 0 Å². The van der Waals surface area contributed by atoms with Crippen molar-refractivity contribution in [3.8, 4) is 0 Å². The second-order valence-corrected chi connectivity index (χ2v) is 7.06. The molecule has 4 nitrogen and oxygen atoms in total. The van der Waals surface area contributed by atoms with Crippen LogP contribution in [-0.4, -0.2) is 48.4 Å². The second kappa shape index (κ2) is 8.56. The number of carbonyl (C=O) groups is 1. The Morgan fingerprint density at radius 2 is 1.76 bits per heavy atom. The lowest BCUT2D eigenvalue weighted by molar-refractivity contribution is -0.117. The fourth-order valence-corrected chi connectivity index (χ4v) is 3.35. The van der Waals surface area contributed by atoms with E-state index in [1.165, 1.54) is 17.7 Å². The number of amides is 1. The molecule has 2 aromatic carbocycles. The molecule has 1 heterocycles. The summed E-state index contributed by atoms with van der Waals surface area (Å²) in [4.78, 5) is 16.6. The molecular formula is C19H21BrFN3O. The van der Waals surface area contributed by atoms with Crippen molar-refractivity contribution in [2.75, 3.05) is 38.0 Å². The average molecular weight is 406 g/mol. The van der Waals surface area contributed by atoms with Gasteiger partial charge in [-0.1, -0.05) is 40.2 Å². The number of nitrogens with zero attached hydrogens (tertiary/aromatic N) is 2. The van der Waals surface area contributed by atoms with Gasteiger partial charge in [0.1, 0.15) is 5.82 Å². The summed E-state index contributed by atoms with van der Waals surface area (Å²) in [5.41, 5.74) is 1.78. The number of carbonyl (C=O) groups excluding carboxylic acids is 1. The molecule has 25 heavy (non-hydrogen) atoms. The largest absolute Gasteiger partial charge is 0.325 e. The lowest BCUT2D eigenvalue weighted by Crippen LogP contribution is -2.48. The fourth-order valence-electron chi connectivity index (χ4n) is 2.94. The highest BCUT2D eigenvalue weighted by atomic mass is 79.9. The Morgan fingerprint density at radius 1 is 1.04 bits per heavy atom. The minimum Gasteiger partial charge on any atom is -0.325 e. The number of halogens is 2. The molecule has 1 fully saturated rings. The van der Waals surface area contributed by atoms with Crippen LogP contribution in [0.3, 0.4) is 0 Å². The van der Waals surface area contributed by atoms with Crippen molar-refractivity contribution in [1.29, 1.82) is 0 Å². The first kappa shape index (κ1) is 18.0. The topological polar surface area (TPSA) is 35.6 Å². The first-order valence-electron chi connectivity index (χ1n) is 8.34. The van der Waals surface area contributed by atoms with E-state index < -0.39 is 0 Å². The van der Waals surface area contributed by atoms with E-state index in [0.29, 0.717) is 12.2 Å². The quantitative estimate of drug-likeness (QED) is 0.828. The fraction of sp³-hybridized carbons (Fsp3) is 0.316. The summed E-state index contributed by atoms with van der Waals surface area (Å²) >= 11 is 3.59. The molecule has 132 valence electrons. The van der Waals surface area contributed by atoms with Crippen LogP contribution in [0, 0.1) is 5.82 Å². The van der Waals surface area contributed by atoms with E-state index in [1.54, 1.807) is 12.1 Å². The summed E-state index contributed by atoms with van der Waals surface area (Å²) in [7, 11) is 0. The Balaban J connectivity index is 1.44. The Labute approximate surface area is 155 Å². The maximum absolute atomic E-state index is 13.2. The number of benzene rings is 2. The van der Waals surface area contributed by atoms with Crippen LogP contribution >= 0.6 is 15.9 Å². The zero-order valence-electron chi connectivity index (χ0n) is 13.9. The zero-order chi connectivity index (χ0) is 17.6. The number of piperazine rings is 1. The molecule has 1 aliphatic rings. The van der Waals surface area contributed by atoms with E-state index in [-0.39, 0.29) is 11.7 Å². The van der Waals surface area contributed by atoms with Gasteiger partial charge < -0.3 is 5.32 Å². The second-order valence-electron chi connectivity index (χ2n) is 6.20. The first-order chi connectivity index (χ1) is 12.1. The standard InChI is InChI=1S/C19H21BrFN3O/c20-18-7-2-1-4-15(18)13-23-8-10-24(11-9-23)14-19(25)22-17-6-3-5-16(21)12-17/h1-7,12H,8-11,13-14H2,(H,22,25). The molecule has 0 aliphatic carbocycles. The van der Waals surface area contributed by atoms with Gasteiger partial charge in [-0.2, -0.15) is 0 Å². The maximum Gasteiger partial charge on any atom is 0.238 e. The zero-order valence-corrected chi connectivity index (χ0v) is 15.5. The summed E-state index contributed by atoms with van der Waals surface area (Å²) in [5, 5.41) is 2.75. The Bertz CT molecular complexity index is 732. The molecule has 0 bridgehead atoms. The van der Waals surface area contributed by atoms with Gasteiger partial charge in [-0.15, -0.1) is 0 Å². The van der Waals surface area contributed by atoms with Crippen molar-refractivity contribution < 1.29 is 9.18 Å². The maximum atomic E-state index is 13.2. The normalized spacial score (nSPS) is 15.9. The predicted octanol–water partition coefficient (Wildman–Crippen LogP) is 3.34. The van der Waals surface area contributed by atoms with Crippen LogP contribution in [0.4, 0.5) is 10.1 Å². The minimum absolute atomic E-state index is 0.107. The van der Waals surface area contributed by atoms with Crippen molar-refractivity contribution in [3.05, 3.63) is 64.4 Å². The molecule has 1 saturated heterocycles. The van der Waals surface area contributed by atoms with Gasteiger partial charge in [0.15, 0.2) is 0 Å². The van der Waals surface area contributed by atoms with Crippen LogP contribution in [0.15, 0.2) is 53.0 Å². The number of hydrogen-bond acceptors (Lipinski definition) is 3. The van der Waals surface area contributed by atoms with Gasteiger partial charge in [-0.25, -0.2) is 4.39 Å². The molecule has 2 aromatic rings. The van der Waals surface area contributed by atoms with Crippen molar-refractivity contribution >= 4 is 27.5 Å². The van der Waals surface area contributed by atoms with E-state index >= 15 is 0 Å². The number of hydrogen-bond donors (Lipinski definition) is 1. The van der Waals surface area contributed by atoms with Gasteiger partial charge in [0.05, 0.1) is 6.54 Å². The molecule has 1 N–H and O–H groups in total. The lowest BCUT2D eigenvalue weighted by atomic mass is 10.2. The first-order valence-corrected chi connectivity index (χ1v) is 9.13. The number of rotatable bonds is 5. The third-order valence-electron chi connectivity index (χ3n) is 4.29. The van der Waals surface area contributed by atoms with Gasteiger partial charge in [0.2, 0.25) is 5.91 Å². The van der Waals surface area contributed by atoms with E-state index in [9.17, 15) is 9.18 Å². The van der Waals surface area contributed by atoms with Crippen LogP contribution in [0.1, 0.15) is 5.56 Å². The monoisotopic (exact) mass is 405 g/mol. The molecule has 0 saturated carbocycles. The van der Waals surface area contributed by atoms with Crippen LogP contribution in [0.2, 0.25) is 0 Å². The van der Waals surface area contributed by atoms with Crippen molar-refractivity contribution in [3.63, 3.8) is 0 Å². The highest BCUT2D eigenvalue weighted by molar-refractivity contribution is 9.10. The molecule has 0 aromatic heterocycles. The van der Waals surface area contributed by atoms with Crippen LogP contribution in [-0.2, 0) is 11.3 Å². The highest BCUT2D eigenvalue weighted by Crippen LogP contribution is 2.18. The SMILES string of the molecule is O=C(CN1CCN(Cc2ccccc2Br)CC1)Nc1cccc(F)c1. The average Bonchev–Trinajstić information content (AvgIpc) is 2.58. The smallest absolute Gasteiger partial charge is 0.238 e. The highest BCUT2D eigenvalue weighted by Gasteiger charge is 2.19. The molecule has 0 spiro atoms. The van der Waals surface area contributed by atoms with Gasteiger partial charge in [0, 0.05) is 42.9 Å². The van der Waals surface area contributed by atoms with Crippen LogP contribution < -0.4 is 5.32 Å². The summed E-state index contributed by atoms with van der Waals surface area (Å²) < 4.78 is 14.3. The van der Waals surface area contributed by atoms with Gasteiger partial charge in [0.25, 0.3) is 0 Å². The lowest BCUT2D eigenvalue weighted by Gasteiger charge is -2.34. The molecule has 1 amide bonds. The Hall–Kier alpha value is -1.76. The summed E-state index contributed by atoms with van der Waals surface area (Å²) in [6.07, 6.45) is 0. The summed E-state index contributed by atoms with van der Waals surface area (Å²) in [6, 6.07) is 14.2. The van der Waals surface area contributed by atoms with E-state index in [1.807, 2.05) is 12.1 Å². The van der Waals surface area contributed by atoms with Crippen LogP contribution in [0.25, 0.3) is 0 Å². The third-order valence-corrected chi connectivity index (χ3v) is 5.07. The molecular weight excluding hydrogens is 385 g/mol. The predicted molar refractivity (Wildman–Crippen MR) is 101 cm³/mol. The molecule has 0 atom stereocenters. The summed E-state index contributed by atoms with van der Waals surface area (Å²) in [6.45, 7) is 4.79. The molecule has 3 rings (SSSR count). The third kappa shape index (κ3) is 5.36. The van der Waals surface area contributed by atoms with E-state index in [2.05, 4.69) is 43.2 Å².